The average molecular weight is 296 g/mol. The third kappa shape index (κ3) is 3.96. The van der Waals surface area contributed by atoms with Crippen LogP contribution in [0.5, 0.6) is 0 Å². The summed E-state index contributed by atoms with van der Waals surface area (Å²) >= 11 is 0. The second kappa shape index (κ2) is 6.59. The maximum absolute atomic E-state index is 11.0. The molecular weight excluding hydrogens is 280 g/mol. The Morgan fingerprint density at radius 2 is 1.81 bits per heavy atom. The van der Waals surface area contributed by atoms with E-state index in [1.54, 1.807) is 0 Å². The van der Waals surface area contributed by atoms with Crippen molar-refractivity contribution in [3.05, 3.63) is 44.0 Å². The molecule has 0 saturated heterocycles. The zero-order valence-corrected chi connectivity index (χ0v) is 11.3. The molecule has 0 radical (unpaired) electrons. The zero-order chi connectivity index (χ0) is 15.4. The van der Waals surface area contributed by atoms with E-state index in [1.165, 1.54) is 12.1 Å². The van der Waals surface area contributed by atoms with E-state index >= 15 is 0 Å². The molecule has 1 saturated carbocycles. The highest BCUT2D eigenvalue weighted by molar-refractivity contribution is 5.48. The van der Waals surface area contributed by atoms with E-state index in [2.05, 4.69) is 0 Å². The van der Waals surface area contributed by atoms with Crippen molar-refractivity contribution in [3.8, 4) is 0 Å². The van der Waals surface area contributed by atoms with Crippen LogP contribution in [0, 0.1) is 20.2 Å². The van der Waals surface area contributed by atoms with Crippen LogP contribution >= 0.6 is 0 Å². The minimum Gasteiger partial charge on any atom is -0.393 e. The van der Waals surface area contributed by atoms with Crippen molar-refractivity contribution >= 4 is 11.4 Å². The highest BCUT2D eigenvalue weighted by atomic mass is 16.6. The summed E-state index contributed by atoms with van der Waals surface area (Å²) in [4.78, 5) is 20.3. The van der Waals surface area contributed by atoms with Crippen molar-refractivity contribution in [2.24, 2.45) is 0 Å². The van der Waals surface area contributed by atoms with Crippen LogP contribution in [0.15, 0.2) is 18.2 Å². The van der Waals surface area contributed by atoms with Gasteiger partial charge in [-0.25, -0.2) is 0 Å². The molecule has 0 aliphatic heterocycles. The van der Waals surface area contributed by atoms with Gasteiger partial charge in [0.1, 0.15) is 0 Å². The lowest BCUT2D eigenvalue weighted by atomic mass is 9.95. The number of non-ortho nitro benzene ring substituents is 1. The van der Waals surface area contributed by atoms with Gasteiger partial charge in [-0.3, -0.25) is 20.2 Å². The Morgan fingerprint density at radius 3 is 2.38 bits per heavy atom. The number of nitro groups is 2. The number of aliphatic hydroxyl groups is 1. The van der Waals surface area contributed by atoms with E-state index in [9.17, 15) is 25.3 Å². The first kappa shape index (κ1) is 15.3. The van der Waals surface area contributed by atoms with E-state index in [1.807, 2.05) is 0 Å². The van der Waals surface area contributed by atoms with Crippen molar-refractivity contribution < 1.29 is 19.7 Å². The van der Waals surface area contributed by atoms with E-state index in [0.717, 1.165) is 6.07 Å². The lowest BCUT2D eigenvalue weighted by Gasteiger charge is -2.25. The predicted octanol–water partition coefficient (Wildman–Crippen LogP) is 2.32. The van der Waals surface area contributed by atoms with Crippen LogP contribution in [0.2, 0.25) is 0 Å². The molecule has 0 amide bonds. The number of nitro benzene ring substituents is 2. The Labute approximate surface area is 120 Å². The molecule has 1 N–H and O–H groups in total. The van der Waals surface area contributed by atoms with Crippen molar-refractivity contribution in [1.82, 2.24) is 0 Å². The minimum absolute atomic E-state index is 0.0368. The number of rotatable bonds is 5. The molecule has 0 atom stereocenters. The maximum atomic E-state index is 11.0. The van der Waals surface area contributed by atoms with E-state index in [4.69, 9.17) is 4.74 Å². The molecule has 21 heavy (non-hydrogen) atoms. The molecule has 1 aromatic carbocycles. The summed E-state index contributed by atoms with van der Waals surface area (Å²) in [6.45, 7) is 0.0368. The number of hydrogen-bond donors (Lipinski definition) is 1. The van der Waals surface area contributed by atoms with Crippen molar-refractivity contribution in [2.75, 3.05) is 0 Å². The normalized spacial score (nSPS) is 22.0. The minimum atomic E-state index is -0.667. The number of ether oxygens (including phenoxy) is 1. The van der Waals surface area contributed by atoms with Gasteiger partial charge in [0.2, 0.25) is 0 Å². The lowest BCUT2D eigenvalue weighted by Crippen LogP contribution is -2.24. The fourth-order valence-corrected chi connectivity index (χ4v) is 2.38. The van der Waals surface area contributed by atoms with Gasteiger partial charge in [-0.2, -0.15) is 0 Å². The molecule has 114 valence electrons. The highest BCUT2D eigenvalue weighted by Gasteiger charge is 2.23. The summed E-state index contributed by atoms with van der Waals surface area (Å²) in [5, 5.41) is 31.0. The molecule has 0 heterocycles. The molecular formula is C13H16N2O6. The van der Waals surface area contributed by atoms with Gasteiger partial charge in [0.05, 0.1) is 40.3 Å². The standard InChI is InChI=1S/C13H16N2O6/c16-11-3-5-12(6-4-11)21-8-9-1-2-10(14(17)18)7-13(9)15(19)20/h1-2,7,11-12,16H,3-6,8H2. The first-order valence-electron chi connectivity index (χ1n) is 6.68. The highest BCUT2D eigenvalue weighted by Crippen LogP contribution is 2.27. The summed E-state index contributed by atoms with van der Waals surface area (Å²) in [6, 6.07) is 3.54. The third-order valence-corrected chi connectivity index (χ3v) is 3.59. The van der Waals surface area contributed by atoms with Crippen LogP contribution in [0.3, 0.4) is 0 Å². The van der Waals surface area contributed by atoms with Crippen LogP contribution < -0.4 is 0 Å². The average Bonchev–Trinajstić information content (AvgIpc) is 2.46. The van der Waals surface area contributed by atoms with Gasteiger partial charge in [0.25, 0.3) is 11.4 Å². The molecule has 1 aliphatic rings. The van der Waals surface area contributed by atoms with Gasteiger partial charge in [-0.15, -0.1) is 0 Å². The fourth-order valence-electron chi connectivity index (χ4n) is 2.38. The fraction of sp³-hybridized carbons (Fsp3) is 0.538. The molecule has 0 unspecified atom stereocenters. The molecule has 8 nitrogen and oxygen atoms in total. The number of aliphatic hydroxyl groups excluding tert-OH is 1. The Balaban J connectivity index is 2.05. The summed E-state index contributed by atoms with van der Waals surface area (Å²) in [5.41, 5.74) is -0.303. The van der Waals surface area contributed by atoms with E-state index < -0.39 is 9.85 Å². The SMILES string of the molecule is O=[N+]([O-])c1ccc(COC2CCC(O)CC2)c([N+](=O)[O-])c1. The lowest BCUT2D eigenvalue weighted by molar-refractivity contribution is -0.394. The van der Waals surface area contributed by atoms with Crippen molar-refractivity contribution in [2.45, 2.75) is 44.5 Å². The van der Waals surface area contributed by atoms with Gasteiger partial charge in [0, 0.05) is 6.07 Å². The van der Waals surface area contributed by atoms with Crippen LogP contribution in [-0.4, -0.2) is 27.2 Å². The first-order valence-corrected chi connectivity index (χ1v) is 6.68. The quantitative estimate of drug-likeness (QED) is 0.658. The molecule has 0 aromatic heterocycles. The van der Waals surface area contributed by atoms with Gasteiger partial charge in [-0.1, -0.05) is 0 Å². The molecule has 8 heteroatoms. The number of benzene rings is 1. The van der Waals surface area contributed by atoms with Gasteiger partial charge in [-0.05, 0) is 31.7 Å². The predicted molar refractivity (Wildman–Crippen MR) is 72.8 cm³/mol. The van der Waals surface area contributed by atoms with Crippen LogP contribution in [-0.2, 0) is 11.3 Å². The Hall–Kier alpha value is -2.06. The monoisotopic (exact) mass is 296 g/mol. The summed E-state index contributed by atoms with van der Waals surface area (Å²) in [5.74, 6) is 0. The molecule has 0 bridgehead atoms. The topological polar surface area (TPSA) is 116 Å². The molecule has 2 rings (SSSR count). The second-order valence-electron chi connectivity index (χ2n) is 5.07. The number of nitrogens with zero attached hydrogens (tertiary/aromatic N) is 2. The third-order valence-electron chi connectivity index (χ3n) is 3.59. The molecule has 1 aromatic rings. The molecule has 1 aliphatic carbocycles. The van der Waals surface area contributed by atoms with Gasteiger partial charge in [0.15, 0.2) is 0 Å². The Morgan fingerprint density at radius 1 is 1.14 bits per heavy atom. The van der Waals surface area contributed by atoms with Crippen LogP contribution in [0.4, 0.5) is 11.4 Å². The zero-order valence-electron chi connectivity index (χ0n) is 11.3. The Bertz CT molecular complexity index is 539. The molecule has 1 fully saturated rings. The van der Waals surface area contributed by atoms with Crippen LogP contribution in [0.25, 0.3) is 0 Å². The molecule has 0 spiro atoms. The van der Waals surface area contributed by atoms with E-state index in [0.29, 0.717) is 31.2 Å². The van der Waals surface area contributed by atoms with Gasteiger partial charge >= 0.3 is 0 Å². The van der Waals surface area contributed by atoms with Crippen molar-refractivity contribution in [3.63, 3.8) is 0 Å². The summed E-state index contributed by atoms with van der Waals surface area (Å²) in [7, 11) is 0. The summed E-state index contributed by atoms with van der Waals surface area (Å²) < 4.78 is 5.62. The van der Waals surface area contributed by atoms with E-state index in [-0.39, 0.29) is 30.2 Å². The van der Waals surface area contributed by atoms with Crippen LogP contribution in [0.1, 0.15) is 31.2 Å². The largest absolute Gasteiger partial charge is 0.393 e. The first-order chi connectivity index (χ1) is 9.97. The Kier molecular flexibility index (Phi) is 4.81. The summed E-state index contributed by atoms with van der Waals surface area (Å²) in [6.07, 6.45) is 2.41. The van der Waals surface area contributed by atoms with Gasteiger partial charge < -0.3 is 9.84 Å². The second-order valence-corrected chi connectivity index (χ2v) is 5.07. The maximum Gasteiger partial charge on any atom is 0.281 e. The smallest absolute Gasteiger partial charge is 0.281 e. The van der Waals surface area contributed by atoms with Crippen molar-refractivity contribution in [1.29, 1.82) is 0 Å². The number of hydrogen-bond acceptors (Lipinski definition) is 6.